The van der Waals surface area contributed by atoms with Crippen LogP contribution in [0.25, 0.3) is 0 Å². The van der Waals surface area contributed by atoms with Gasteiger partial charge in [-0.15, -0.1) is 0 Å². The average Bonchev–Trinajstić information content (AvgIpc) is 2.60. The Morgan fingerprint density at radius 1 is 1.11 bits per heavy atom. The minimum Gasteiger partial charge on any atom is -0.465 e. The first-order valence-corrected chi connectivity index (χ1v) is 9.21. The minimum atomic E-state index is -0.513. The molecule has 0 fully saturated rings. The molecule has 7 heteroatoms. The van der Waals surface area contributed by atoms with Crippen LogP contribution in [0.3, 0.4) is 0 Å². The highest BCUT2D eigenvalue weighted by atomic mass is 16.5. The molecule has 27 heavy (non-hydrogen) atoms. The molecule has 0 bridgehead atoms. The zero-order chi connectivity index (χ0) is 20.4. The van der Waals surface area contributed by atoms with E-state index in [0.717, 1.165) is 6.42 Å². The molecule has 0 aliphatic heterocycles. The second-order valence-electron chi connectivity index (χ2n) is 6.54. The minimum absolute atomic E-state index is 0.00397. The number of nitrogens with zero attached hydrogens (tertiary/aromatic N) is 1. The van der Waals surface area contributed by atoms with Crippen LogP contribution in [0, 0.1) is 11.8 Å². The molecule has 2 N–H and O–H groups in total. The van der Waals surface area contributed by atoms with Gasteiger partial charge in [0.05, 0.1) is 12.5 Å². The predicted octanol–water partition coefficient (Wildman–Crippen LogP) is 3.37. The van der Waals surface area contributed by atoms with Gasteiger partial charge >= 0.3 is 5.97 Å². The van der Waals surface area contributed by atoms with Gasteiger partial charge in [0.25, 0.3) is 5.91 Å². The summed E-state index contributed by atoms with van der Waals surface area (Å²) in [5.74, 6) is -1.33. The molecule has 7 nitrogen and oxygen atoms in total. The SMILES string of the molecule is CCCC(=O)Nc1ccc(C(=O)NN=C(C)C(C(=O)OCC)C(C)C)cc1. The van der Waals surface area contributed by atoms with E-state index in [4.69, 9.17) is 4.74 Å². The van der Waals surface area contributed by atoms with Crippen molar-refractivity contribution in [3.05, 3.63) is 29.8 Å². The number of ether oxygens (including phenoxy) is 1. The average molecular weight is 375 g/mol. The topological polar surface area (TPSA) is 96.9 Å². The van der Waals surface area contributed by atoms with Crippen molar-refractivity contribution in [2.24, 2.45) is 16.9 Å². The summed E-state index contributed by atoms with van der Waals surface area (Å²) < 4.78 is 5.07. The van der Waals surface area contributed by atoms with Gasteiger partial charge in [-0.1, -0.05) is 20.8 Å². The monoisotopic (exact) mass is 375 g/mol. The maximum atomic E-state index is 12.3. The number of hydrazone groups is 1. The van der Waals surface area contributed by atoms with Gasteiger partial charge in [-0.2, -0.15) is 5.10 Å². The first kappa shape index (κ1) is 22.3. The summed E-state index contributed by atoms with van der Waals surface area (Å²) >= 11 is 0. The van der Waals surface area contributed by atoms with Crippen molar-refractivity contribution in [3.63, 3.8) is 0 Å². The lowest BCUT2D eigenvalue weighted by molar-refractivity contribution is -0.146. The van der Waals surface area contributed by atoms with Crippen molar-refractivity contribution >= 4 is 29.2 Å². The molecule has 1 atom stereocenters. The molecule has 1 aromatic carbocycles. The van der Waals surface area contributed by atoms with Crippen molar-refractivity contribution in [1.82, 2.24) is 5.43 Å². The quantitative estimate of drug-likeness (QED) is 0.393. The number of benzene rings is 1. The maximum absolute atomic E-state index is 12.3. The van der Waals surface area contributed by atoms with Crippen LogP contribution in [0.2, 0.25) is 0 Å². The predicted molar refractivity (Wildman–Crippen MR) is 106 cm³/mol. The van der Waals surface area contributed by atoms with Crippen LogP contribution in [0.1, 0.15) is 57.8 Å². The summed E-state index contributed by atoms with van der Waals surface area (Å²) in [5, 5.41) is 6.83. The Labute approximate surface area is 160 Å². The van der Waals surface area contributed by atoms with E-state index in [-0.39, 0.29) is 17.8 Å². The first-order valence-electron chi connectivity index (χ1n) is 9.21. The highest BCUT2D eigenvalue weighted by Crippen LogP contribution is 2.15. The van der Waals surface area contributed by atoms with Crippen LogP contribution in [-0.4, -0.2) is 30.1 Å². The molecular formula is C20H29N3O4. The molecule has 0 saturated heterocycles. The molecule has 0 aromatic heterocycles. The van der Waals surface area contributed by atoms with Crippen molar-refractivity contribution < 1.29 is 19.1 Å². The van der Waals surface area contributed by atoms with Crippen molar-refractivity contribution in [1.29, 1.82) is 0 Å². The fraction of sp³-hybridized carbons (Fsp3) is 0.500. The van der Waals surface area contributed by atoms with E-state index in [1.54, 1.807) is 38.1 Å². The van der Waals surface area contributed by atoms with Crippen LogP contribution in [-0.2, 0) is 14.3 Å². The number of hydrogen-bond acceptors (Lipinski definition) is 5. The standard InChI is InChI=1S/C20H29N3O4/c1-6-8-17(24)21-16-11-9-15(10-12-16)19(25)23-22-14(5)18(13(3)4)20(26)27-7-2/h9-13,18H,6-8H2,1-5H3,(H,21,24)(H,23,25). The van der Waals surface area contributed by atoms with Crippen LogP contribution in [0.4, 0.5) is 5.69 Å². The summed E-state index contributed by atoms with van der Waals surface area (Å²) in [7, 11) is 0. The zero-order valence-electron chi connectivity index (χ0n) is 16.7. The molecule has 0 heterocycles. The Morgan fingerprint density at radius 2 is 1.74 bits per heavy atom. The molecule has 148 valence electrons. The highest BCUT2D eigenvalue weighted by Gasteiger charge is 2.26. The number of hydrogen-bond donors (Lipinski definition) is 2. The van der Waals surface area contributed by atoms with Gasteiger partial charge in [-0.3, -0.25) is 14.4 Å². The molecule has 1 unspecified atom stereocenters. The van der Waals surface area contributed by atoms with Crippen LogP contribution in [0.15, 0.2) is 29.4 Å². The Hall–Kier alpha value is -2.70. The molecular weight excluding hydrogens is 346 g/mol. The molecule has 0 radical (unpaired) electrons. The van der Waals surface area contributed by atoms with E-state index >= 15 is 0 Å². The number of nitrogens with one attached hydrogen (secondary N) is 2. The summed E-state index contributed by atoms with van der Waals surface area (Å²) in [6.45, 7) is 9.46. The third-order valence-electron chi connectivity index (χ3n) is 3.90. The molecule has 2 amide bonds. The lowest BCUT2D eigenvalue weighted by atomic mass is 9.92. The van der Waals surface area contributed by atoms with Crippen molar-refractivity contribution in [2.75, 3.05) is 11.9 Å². The lowest BCUT2D eigenvalue weighted by Gasteiger charge is -2.18. The fourth-order valence-electron chi connectivity index (χ4n) is 2.59. The highest BCUT2D eigenvalue weighted by molar-refractivity contribution is 6.02. The normalized spacial score (nSPS) is 12.4. The van der Waals surface area contributed by atoms with E-state index in [0.29, 0.717) is 30.0 Å². The molecule has 0 spiro atoms. The summed E-state index contributed by atoms with van der Waals surface area (Å²) in [6, 6.07) is 6.53. The van der Waals surface area contributed by atoms with E-state index in [9.17, 15) is 14.4 Å². The van der Waals surface area contributed by atoms with Crippen molar-refractivity contribution in [3.8, 4) is 0 Å². The molecule has 1 rings (SSSR count). The largest absolute Gasteiger partial charge is 0.465 e. The van der Waals surface area contributed by atoms with E-state index in [1.807, 2.05) is 20.8 Å². The van der Waals surface area contributed by atoms with Crippen LogP contribution >= 0.6 is 0 Å². The van der Waals surface area contributed by atoms with Gasteiger partial charge in [-0.05, 0) is 50.5 Å². The fourth-order valence-corrected chi connectivity index (χ4v) is 2.59. The van der Waals surface area contributed by atoms with E-state index in [2.05, 4.69) is 15.8 Å². The van der Waals surface area contributed by atoms with E-state index < -0.39 is 11.8 Å². The molecule has 0 saturated carbocycles. The van der Waals surface area contributed by atoms with Gasteiger partial charge < -0.3 is 10.1 Å². The Bertz CT molecular complexity index is 681. The number of carbonyl (C=O) groups excluding carboxylic acids is 3. The third kappa shape index (κ3) is 7.21. The number of anilines is 1. The van der Waals surface area contributed by atoms with E-state index in [1.165, 1.54) is 0 Å². The maximum Gasteiger partial charge on any atom is 0.314 e. The van der Waals surface area contributed by atoms with Gasteiger partial charge in [0, 0.05) is 23.4 Å². The molecule has 1 aromatic rings. The zero-order valence-corrected chi connectivity index (χ0v) is 16.7. The Morgan fingerprint density at radius 3 is 2.26 bits per heavy atom. The number of esters is 1. The number of amides is 2. The van der Waals surface area contributed by atoms with Gasteiger partial charge in [0.15, 0.2) is 0 Å². The second-order valence-corrected chi connectivity index (χ2v) is 6.54. The van der Waals surface area contributed by atoms with Crippen LogP contribution < -0.4 is 10.7 Å². The second kappa shape index (κ2) is 11.1. The smallest absolute Gasteiger partial charge is 0.314 e. The number of carbonyl (C=O) groups is 3. The van der Waals surface area contributed by atoms with Gasteiger partial charge in [0.1, 0.15) is 0 Å². The summed E-state index contributed by atoms with van der Waals surface area (Å²) in [5.41, 5.74) is 3.98. The summed E-state index contributed by atoms with van der Waals surface area (Å²) in [4.78, 5) is 35.9. The number of rotatable bonds is 9. The van der Waals surface area contributed by atoms with Crippen LogP contribution in [0.5, 0.6) is 0 Å². The molecule has 0 aliphatic carbocycles. The third-order valence-corrected chi connectivity index (χ3v) is 3.90. The lowest BCUT2D eigenvalue weighted by Crippen LogP contribution is -2.31. The Kier molecular flexibility index (Phi) is 9.19. The first-order chi connectivity index (χ1) is 12.8. The Balaban J connectivity index is 2.75. The molecule has 0 aliphatic rings. The van der Waals surface area contributed by atoms with Gasteiger partial charge in [0.2, 0.25) is 5.91 Å². The summed E-state index contributed by atoms with van der Waals surface area (Å²) in [6.07, 6.45) is 1.22. The van der Waals surface area contributed by atoms with Crippen molar-refractivity contribution in [2.45, 2.75) is 47.5 Å². The van der Waals surface area contributed by atoms with Gasteiger partial charge in [-0.25, -0.2) is 5.43 Å².